The summed E-state index contributed by atoms with van der Waals surface area (Å²) in [6.07, 6.45) is 0. The van der Waals surface area contributed by atoms with Gasteiger partial charge >= 0.3 is 0 Å². The Morgan fingerprint density at radius 1 is 1.30 bits per heavy atom. The number of non-ortho nitro benzene ring substituents is 1. The number of nitrogens with zero attached hydrogens (tertiary/aromatic N) is 1. The standard InChI is InChI=1S/C14H11ClFNO3/c1-9-2-3-11(16)6-10(9)8-20-14-7-12(17(18)19)4-5-13(14)15/h2-7H,8H2,1H3. The van der Waals surface area contributed by atoms with Crippen LogP contribution in [0, 0.1) is 22.9 Å². The second kappa shape index (κ2) is 5.88. The molecule has 0 aliphatic carbocycles. The normalized spacial score (nSPS) is 10.3. The lowest BCUT2D eigenvalue weighted by Gasteiger charge is -2.10. The van der Waals surface area contributed by atoms with E-state index in [4.69, 9.17) is 16.3 Å². The van der Waals surface area contributed by atoms with Crippen LogP contribution in [-0.2, 0) is 6.61 Å². The molecule has 0 heterocycles. The van der Waals surface area contributed by atoms with Crippen LogP contribution in [0.15, 0.2) is 36.4 Å². The number of aryl methyl sites for hydroxylation is 1. The first-order valence-electron chi connectivity index (χ1n) is 5.79. The van der Waals surface area contributed by atoms with E-state index in [1.807, 2.05) is 6.92 Å². The van der Waals surface area contributed by atoms with Crippen LogP contribution in [0.1, 0.15) is 11.1 Å². The van der Waals surface area contributed by atoms with Crippen molar-refractivity contribution in [1.82, 2.24) is 0 Å². The summed E-state index contributed by atoms with van der Waals surface area (Å²) in [5.74, 6) is -0.163. The van der Waals surface area contributed by atoms with Gasteiger partial charge in [0.15, 0.2) is 0 Å². The van der Waals surface area contributed by atoms with E-state index >= 15 is 0 Å². The summed E-state index contributed by atoms with van der Waals surface area (Å²) >= 11 is 5.92. The van der Waals surface area contributed by atoms with Crippen molar-refractivity contribution in [2.45, 2.75) is 13.5 Å². The fourth-order valence-corrected chi connectivity index (χ4v) is 1.84. The van der Waals surface area contributed by atoms with Gasteiger partial charge in [0.05, 0.1) is 16.0 Å². The minimum atomic E-state index is -0.531. The number of hydrogen-bond donors (Lipinski definition) is 0. The lowest BCUT2D eigenvalue weighted by atomic mass is 10.1. The Balaban J connectivity index is 2.20. The molecule has 0 aliphatic rings. The van der Waals surface area contributed by atoms with Crippen LogP contribution in [0.4, 0.5) is 10.1 Å². The van der Waals surface area contributed by atoms with E-state index in [2.05, 4.69) is 0 Å². The summed E-state index contributed by atoms with van der Waals surface area (Å²) in [5.41, 5.74) is 1.42. The third-order valence-electron chi connectivity index (χ3n) is 2.82. The van der Waals surface area contributed by atoms with Gasteiger partial charge in [-0.05, 0) is 36.2 Å². The Bertz CT molecular complexity index is 661. The molecule has 0 unspecified atom stereocenters. The predicted octanol–water partition coefficient (Wildman–Crippen LogP) is 4.27. The first kappa shape index (κ1) is 14.3. The molecule has 0 fully saturated rings. The minimum absolute atomic E-state index is 0.0878. The first-order valence-corrected chi connectivity index (χ1v) is 6.17. The maximum Gasteiger partial charge on any atom is 0.273 e. The quantitative estimate of drug-likeness (QED) is 0.625. The molecular formula is C14H11ClFNO3. The van der Waals surface area contributed by atoms with Crippen LogP contribution >= 0.6 is 11.6 Å². The number of halogens is 2. The zero-order valence-corrected chi connectivity index (χ0v) is 11.4. The van der Waals surface area contributed by atoms with E-state index in [-0.39, 0.29) is 28.9 Å². The summed E-state index contributed by atoms with van der Waals surface area (Å²) in [5, 5.41) is 11.0. The first-order chi connectivity index (χ1) is 9.47. The highest BCUT2D eigenvalue weighted by atomic mass is 35.5. The molecule has 6 heteroatoms. The Morgan fingerprint density at radius 3 is 2.75 bits per heavy atom. The number of rotatable bonds is 4. The van der Waals surface area contributed by atoms with Crippen molar-refractivity contribution in [2.75, 3.05) is 0 Å². The molecule has 0 aromatic heterocycles. The molecule has 0 amide bonds. The van der Waals surface area contributed by atoms with Crippen LogP contribution in [-0.4, -0.2) is 4.92 Å². The van der Waals surface area contributed by atoms with Crippen molar-refractivity contribution in [2.24, 2.45) is 0 Å². The second-order valence-electron chi connectivity index (χ2n) is 4.23. The molecular weight excluding hydrogens is 285 g/mol. The van der Waals surface area contributed by atoms with Crippen LogP contribution in [0.5, 0.6) is 5.75 Å². The molecule has 2 aromatic carbocycles. The van der Waals surface area contributed by atoms with Crippen LogP contribution in [0.3, 0.4) is 0 Å². The average molecular weight is 296 g/mol. The topological polar surface area (TPSA) is 52.4 Å². The van der Waals surface area contributed by atoms with E-state index in [9.17, 15) is 14.5 Å². The van der Waals surface area contributed by atoms with Gasteiger partial charge in [0.25, 0.3) is 5.69 Å². The van der Waals surface area contributed by atoms with Crippen molar-refractivity contribution in [3.63, 3.8) is 0 Å². The van der Waals surface area contributed by atoms with Gasteiger partial charge in [0, 0.05) is 6.07 Å². The fraction of sp³-hybridized carbons (Fsp3) is 0.143. The van der Waals surface area contributed by atoms with Crippen molar-refractivity contribution in [3.05, 3.63) is 68.5 Å². The van der Waals surface area contributed by atoms with Crippen molar-refractivity contribution < 1.29 is 14.1 Å². The molecule has 0 spiro atoms. The van der Waals surface area contributed by atoms with E-state index in [0.717, 1.165) is 5.56 Å². The third-order valence-corrected chi connectivity index (χ3v) is 3.13. The van der Waals surface area contributed by atoms with Crippen molar-refractivity contribution in [1.29, 1.82) is 0 Å². The highest BCUT2D eigenvalue weighted by molar-refractivity contribution is 6.32. The van der Waals surface area contributed by atoms with Gasteiger partial charge in [-0.2, -0.15) is 0 Å². The SMILES string of the molecule is Cc1ccc(F)cc1COc1cc([N+](=O)[O-])ccc1Cl. The Labute approximate surface area is 119 Å². The van der Waals surface area contributed by atoms with Gasteiger partial charge in [-0.25, -0.2) is 4.39 Å². The Morgan fingerprint density at radius 2 is 2.05 bits per heavy atom. The number of benzene rings is 2. The average Bonchev–Trinajstić information content (AvgIpc) is 2.41. The molecule has 0 N–H and O–H groups in total. The monoisotopic (exact) mass is 295 g/mol. The van der Waals surface area contributed by atoms with Crippen molar-refractivity contribution in [3.8, 4) is 5.75 Å². The molecule has 104 valence electrons. The fourth-order valence-electron chi connectivity index (χ4n) is 1.67. The molecule has 0 atom stereocenters. The van der Waals surface area contributed by atoms with Gasteiger partial charge in [-0.3, -0.25) is 10.1 Å². The molecule has 2 aromatic rings. The lowest BCUT2D eigenvalue weighted by molar-refractivity contribution is -0.384. The third kappa shape index (κ3) is 3.24. The highest BCUT2D eigenvalue weighted by Gasteiger charge is 2.11. The maximum absolute atomic E-state index is 13.2. The second-order valence-corrected chi connectivity index (χ2v) is 4.64. The summed E-state index contributed by atoms with van der Waals surface area (Å²) < 4.78 is 18.6. The van der Waals surface area contributed by atoms with Gasteiger partial charge in [0.2, 0.25) is 0 Å². The Kier molecular flexibility index (Phi) is 4.20. The number of nitro groups is 1. The Hall–Kier alpha value is -2.14. The highest BCUT2D eigenvalue weighted by Crippen LogP contribution is 2.29. The summed E-state index contributed by atoms with van der Waals surface area (Å²) in [4.78, 5) is 10.2. The van der Waals surface area contributed by atoms with E-state index in [1.54, 1.807) is 6.07 Å². The largest absolute Gasteiger partial charge is 0.487 e. The molecule has 4 nitrogen and oxygen atoms in total. The molecule has 0 saturated carbocycles. The summed E-state index contributed by atoms with van der Waals surface area (Å²) in [7, 11) is 0. The maximum atomic E-state index is 13.2. The van der Waals surface area contributed by atoms with Gasteiger partial charge in [-0.1, -0.05) is 17.7 Å². The van der Waals surface area contributed by atoms with E-state index in [1.165, 1.54) is 30.3 Å². The van der Waals surface area contributed by atoms with Gasteiger partial charge in [0.1, 0.15) is 18.2 Å². The number of hydrogen-bond acceptors (Lipinski definition) is 3. The smallest absolute Gasteiger partial charge is 0.273 e. The van der Waals surface area contributed by atoms with Crippen molar-refractivity contribution >= 4 is 17.3 Å². The van der Waals surface area contributed by atoms with Crippen LogP contribution in [0.25, 0.3) is 0 Å². The zero-order chi connectivity index (χ0) is 14.7. The summed E-state index contributed by atoms with van der Waals surface area (Å²) in [6.45, 7) is 1.91. The molecule has 0 aliphatic heterocycles. The number of nitro benzene ring substituents is 1. The minimum Gasteiger partial charge on any atom is -0.487 e. The molecule has 0 saturated heterocycles. The lowest BCUT2D eigenvalue weighted by Crippen LogP contribution is -2.00. The zero-order valence-electron chi connectivity index (χ0n) is 10.6. The van der Waals surface area contributed by atoms with E-state index in [0.29, 0.717) is 5.56 Å². The van der Waals surface area contributed by atoms with Crippen LogP contribution < -0.4 is 4.74 Å². The number of ether oxygens (including phenoxy) is 1. The van der Waals surface area contributed by atoms with Gasteiger partial charge in [-0.15, -0.1) is 0 Å². The predicted molar refractivity (Wildman–Crippen MR) is 73.6 cm³/mol. The van der Waals surface area contributed by atoms with Crippen LogP contribution in [0.2, 0.25) is 5.02 Å². The molecule has 20 heavy (non-hydrogen) atoms. The summed E-state index contributed by atoms with van der Waals surface area (Å²) in [6, 6.07) is 8.30. The van der Waals surface area contributed by atoms with E-state index < -0.39 is 4.92 Å². The molecule has 0 bridgehead atoms. The molecule has 2 rings (SSSR count). The van der Waals surface area contributed by atoms with Gasteiger partial charge < -0.3 is 4.74 Å². The molecule has 0 radical (unpaired) electrons.